The largest absolute Gasteiger partial charge is 0.251 e. The van der Waals surface area contributed by atoms with Crippen molar-refractivity contribution in [3.05, 3.63) is 115 Å². The van der Waals surface area contributed by atoms with Crippen molar-refractivity contribution in [2.24, 2.45) is 0 Å². The van der Waals surface area contributed by atoms with Gasteiger partial charge in [-0.15, -0.1) is 5.10 Å². The SMILES string of the molecule is CCc1ccc2c(-c3ccc(-c4nc5ccc(-c6ccccc6)cn5n4)cc3)cc3ccc(C)nc3c2n1. The van der Waals surface area contributed by atoms with Gasteiger partial charge in [-0.3, -0.25) is 9.97 Å². The number of pyridine rings is 3. The van der Waals surface area contributed by atoms with Crippen LogP contribution in [0.3, 0.4) is 0 Å². The zero-order valence-corrected chi connectivity index (χ0v) is 21.3. The van der Waals surface area contributed by atoms with E-state index in [1.165, 1.54) is 0 Å². The molecule has 7 aromatic rings. The molecule has 4 heterocycles. The number of aryl methyl sites for hydroxylation is 2. The lowest BCUT2D eigenvalue weighted by Crippen LogP contribution is -1.94. The predicted octanol–water partition coefficient (Wildman–Crippen LogP) is 7.70. The van der Waals surface area contributed by atoms with Crippen molar-refractivity contribution < 1.29 is 0 Å². The van der Waals surface area contributed by atoms with Gasteiger partial charge in [-0.2, -0.15) is 0 Å². The highest BCUT2D eigenvalue weighted by molar-refractivity contribution is 6.10. The van der Waals surface area contributed by atoms with E-state index in [4.69, 9.17) is 20.1 Å². The Labute approximate surface area is 220 Å². The molecule has 0 amide bonds. The summed E-state index contributed by atoms with van der Waals surface area (Å²) in [5, 5.41) is 6.98. The van der Waals surface area contributed by atoms with E-state index in [1.54, 1.807) is 0 Å². The average Bonchev–Trinajstić information content (AvgIpc) is 3.41. The fourth-order valence-corrected chi connectivity index (χ4v) is 5.05. The van der Waals surface area contributed by atoms with E-state index in [9.17, 15) is 0 Å². The Morgan fingerprint density at radius 2 is 1.45 bits per heavy atom. The standard InChI is InChI=1S/C33H25N5/c1-3-27-16-17-28-29(19-25-10-9-21(2)34-31(25)32(28)35-27)23-11-13-24(14-12-23)33-36-30-18-15-26(20-38(30)37-33)22-7-5-4-6-8-22/h4-20H,3H2,1-2H3. The predicted molar refractivity (Wildman–Crippen MR) is 154 cm³/mol. The molecule has 0 atom stereocenters. The van der Waals surface area contributed by atoms with Gasteiger partial charge < -0.3 is 0 Å². The van der Waals surface area contributed by atoms with Gasteiger partial charge in [0.05, 0.1) is 11.0 Å². The summed E-state index contributed by atoms with van der Waals surface area (Å²) < 4.78 is 1.86. The van der Waals surface area contributed by atoms with Gasteiger partial charge in [0.1, 0.15) is 0 Å². The van der Waals surface area contributed by atoms with Crippen LogP contribution in [0.25, 0.3) is 61.1 Å². The number of fused-ring (bicyclic) bond motifs is 4. The first-order valence-corrected chi connectivity index (χ1v) is 12.9. The van der Waals surface area contributed by atoms with Crippen LogP contribution in [0.15, 0.2) is 103 Å². The molecule has 0 unspecified atom stereocenters. The van der Waals surface area contributed by atoms with Crippen LogP contribution in [0.1, 0.15) is 18.3 Å². The monoisotopic (exact) mass is 491 g/mol. The molecule has 5 nitrogen and oxygen atoms in total. The van der Waals surface area contributed by atoms with E-state index in [2.05, 4.69) is 79.7 Å². The van der Waals surface area contributed by atoms with Gasteiger partial charge in [-0.05, 0) is 60.4 Å². The van der Waals surface area contributed by atoms with Crippen LogP contribution in [-0.2, 0) is 6.42 Å². The second-order valence-corrected chi connectivity index (χ2v) is 9.60. The fraction of sp³-hybridized carbons (Fsp3) is 0.0909. The van der Waals surface area contributed by atoms with Crippen LogP contribution in [0.4, 0.5) is 0 Å². The Morgan fingerprint density at radius 1 is 0.658 bits per heavy atom. The lowest BCUT2D eigenvalue weighted by atomic mass is 9.96. The maximum atomic E-state index is 4.98. The number of hydrogen-bond acceptors (Lipinski definition) is 4. The minimum atomic E-state index is 0.707. The van der Waals surface area contributed by atoms with E-state index in [0.717, 1.165) is 73.1 Å². The Kier molecular flexibility index (Phi) is 5.22. The number of nitrogens with zero attached hydrogens (tertiary/aromatic N) is 5. The molecule has 38 heavy (non-hydrogen) atoms. The zero-order chi connectivity index (χ0) is 25.6. The minimum absolute atomic E-state index is 0.707. The molecule has 5 heteroatoms. The van der Waals surface area contributed by atoms with Crippen molar-refractivity contribution in [1.82, 2.24) is 24.6 Å². The Morgan fingerprint density at radius 3 is 2.26 bits per heavy atom. The van der Waals surface area contributed by atoms with E-state index >= 15 is 0 Å². The van der Waals surface area contributed by atoms with Crippen molar-refractivity contribution >= 4 is 27.5 Å². The average molecular weight is 492 g/mol. The highest BCUT2D eigenvalue weighted by Gasteiger charge is 2.13. The van der Waals surface area contributed by atoms with Gasteiger partial charge in [0.2, 0.25) is 0 Å². The molecule has 0 fully saturated rings. The Balaban J connectivity index is 1.30. The summed E-state index contributed by atoms with van der Waals surface area (Å²) in [7, 11) is 0. The fourth-order valence-electron chi connectivity index (χ4n) is 5.05. The van der Waals surface area contributed by atoms with E-state index in [-0.39, 0.29) is 0 Å². The third-order valence-corrected chi connectivity index (χ3v) is 7.09. The lowest BCUT2D eigenvalue weighted by molar-refractivity contribution is 0.967. The van der Waals surface area contributed by atoms with E-state index in [0.29, 0.717) is 5.82 Å². The molecule has 3 aromatic carbocycles. The first kappa shape index (κ1) is 22.3. The van der Waals surface area contributed by atoms with Gasteiger partial charge in [0.25, 0.3) is 0 Å². The van der Waals surface area contributed by atoms with E-state index in [1.807, 2.05) is 41.9 Å². The molecule has 0 bridgehead atoms. The molecule has 0 aliphatic heterocycles. The minimum Gasteiger partial charge on any atom is -0.251 e. The summed E-state index contributed by atoms with van der Waals surface area (Å²) >= 11 is 0. The van der Waals surface area contributed by atoms with Crippen molar-refractivity contribution in [3.63, 3.8) is 0 Å². The maximum absolute atomic E-state index is 4.98. The van der Waals surface area contributed by atoms with Crippen LogP contribution in [-0.4, -0.2) is 24.6 Å². The van der Waals surface area contributed by atoms with Gasteiger partial charge >= 0.3 is 0 Å². The Bertz CT molecular complexity index is 1950. The van der Waals surface area contributed by atoms with Crippen LogP contribution in [0.5, 0.6) is 0 Å². The summed E-state index contributed by atoms with van der Waals surface area (Å²) in [6, 6.07) is 33.6. The summed E-state index contributed by atoms with van der Waals surface area (Å²) in [4.78, 5) is 14.6. The molecule has 0 radical (unpaired) electrons. The highest BCUT2D eigenvalue weighted by Crippen LogP contribution is 2.34. The number of rotatable bonds is 4. The van der Waals surface area contributed by atoms with Crippen LogP contribution in [0.2, 0.25) is 0 Å². The molecule has 0 N–H and O–H groups in total. The van der Waals surface area contributed by atoms with Crippen LogP contribution >= 0.6 is 0 Å². The highest BCUT2D eigenvalue weighted by atomic mass is 15.3. The first-order valence-electron chi connectivity index (χ1n) is 12.9. The molecule has 0 aliphatic rings. The van der Waals surface area contributed by atoms with Crippen LogP contribution < -0.4 is 0 Å². The normalized spacial score (nSPS) is 11.5. The third kappa shape index (κ3) is 3.80. The smallest absolute Gasteiger partial charge is 0.182 e. The van der Waals surface area contributed by atoms with Crippen molar-refractivity contribution in [3.8, 4) is 33.6 Å². The van der Waals surface area contributed by atoms with Gasteiger partial charge in [-0.25, -0.2) is 9.50 Å². The summed E-state index contributed by atoms with van der Waals surface area (Å²) in [6.07, 6.45) is 2.92. The molecule has 0 saturated heterocycles. The van der Waals surface area contributed by atoms with Gasteiger partial charge in [-0.1, -0.05) is 73.7 Å². The first-order chi connectivity index (χ1) is 18.7. The summed E-state index contributed by atoms with van der Waals surface area (Å²) in [6.45, 7) is 4.16. The topological polar surface area (TPSA) is 56.0 Å². The summed E-state index contributed by atoms with van der Waals surface area (Å²) in [5.74, 6) is 0.707. The van der Waals surface area contributed by atoms with E-state index < -0.39 is 0 Å². The second kappa shape index (κ2) is 8.89. The molecule has 7 rings (SSSR count). The van der Waals surface area contributed by atoms with Crippen molar-refractivity contribution in [2.45, 2.75) is 20.3 Å². The van der Waals surface area contributed by atoms with Gasteiger partial charge in [0, 0.05) is 39.5 Å². The molecule has 0 saturated carbocycles. The van der Waals surface area contributed by atoms with Crippen LogP contribution in [0, 0.1) is 6.92 Å². The molecular formula is C33H25N5. The maximum Gasteiger partial charge on any atom is 0.182 e. The molecule has 0 aliphatic carbocycles. The van der Waals surface area contributed by atoms with Crippen molar-refractivity contribution in [2.75, 3.05) is 0 Å². The molecular weight excluding hydrogens is 466 g/mol. The molecule has 182 valence electrons. The number of benzene rings is 3. The second-order valence-electron chi connectivity index (χ2n) is 9.60. The zero-order valence-electron chi connectivity index (χ0n) is 21.3. The van der Waals surface area contributed by atoms with Crippen molar-refractivity contribution in [1.29, 1.82) is 0 Å². The van der Waals surface area contributed by atoms with Gasteiger partial charge in [0.15, 0.2) is 11.5 Å². The number of hydrogen-bond donors (Lipinski definition) is 0. The molecule has 0 spiro atoms. The summed E-state index contributed by atoms with van der Waals surface area (Å²) in [5.41, 5.74) is 10.3. The molecule has 4 aromatic heterocycles. The quantitative estimate of drug-likeness (QED) is 0.237. The lowest BCUT2D eigenvalue weighted by Gasteiger charge is -2.12. The Hall–Kier alpha value is -4.90. The number of aromatic nitrogens is 5. The third-order valence-electron chi connectivity index (χ3n) is 7.09.